The quantitative estimate of drug-likeness (QED) is 0.0491. The largest absolute Gasteiger partial charge is 0.207 e. The van der Waals surface area contributed by atoms with Crippen molar-refractivity contribution in [3.05, 3.63) is 206 Å². The topological polar surface area (TPSA) is 0 Å². The fraction of sp³-hybridized carbons (Fsp3) is 0. The molecule has 0 fully saturated rings. The van der Waals surface area contributed by atoms with E-state index in [1.165, 1.54) is 14.7 Å². The molecule has 0 aliphatic rings. The standard InChI is InChI=1S/C24BF20.C18H14ClS/c26-5-1(6(27)14(35)21(42)13(5)34)25(2-7(28)15(36)22(43)16(37)8(2)29,3-9(30)17(38)23(44)18(39)10(3)31)4-11(32)19(40)24(45)20(41)12(4)33;19-15-11-13-18(14-12-15)20(16-7-3-1-4-8-16)17-9-5-2-6-10-17/h;1-14H/q-1;+1. The summed E-state index contributed by atoms with van der Waals surface area (Å²) in [4.78, 5) is 3.92. The van der Waals surface area contributed by atoms with Crippen LogP contribution in [0.25, 0.3) is 0 Å². The Bertz CT molecular complexity index is 2570. The molecule has 0 spiro atoms. The van der Waals surface area contributed by atoms with Gasteiger partial charge in [-0.25, -0.2) is 87.8 Å². The molecular weight excluding hydrogens is 963 g/mol. The summed E-state index contributed by atoms with van der Waals surface area (Å²) in [6, 6.07) is 29.4. The first kappa shape index (κ1) is 48.3. The van der Waals surface area contributed by atoms with Gasteiger partial charge < -0.3 is 0 Å². The Morgan fingerprint density at radius 2 is 0.431 bits per heavy atom. The van der Waals surface area contributed by atoms with Crippen LogP contribution in [0.5, 0.6) is 0 Å². The molecule has 0 bridgehead atoms. The zero-order valence-electron chi connectivity index (χ0n) is 31.0. The lowest BCUT2D eigenvalue weighted by atomic mass is 9.12. The van der Waals surface area contributed by atoms with Gasteiger partial charge in [0, 0.05) is 5.02 Å². The highest BCUT2D eigenvalue weighted by molar-refractivity contribution is 7.97. The molecule has 0 unspecified atom stereocenters. The van der Waals surface area contributed by atoms with Crippen molar-refractivity contribution in [2.45, 2.75) is 14.7 Å². The summed E-state index contributed by atoms with van der Waals surface area (Å²) >= 11 is 6.01. The summed E-state index contributed by atoms with van der Waals surface area (Å²) in [5.41, 5.74) is -14.3. The van der Waals surface area contributed by atoms with Gasteiger partial charge >= 0.3 is 0 Å². The van der Waals surface area contributed by atoms with E-state index in [0.717, 1.165) is 5.02 Å². The van der Waals surface area contributed by atoms with Crippen LogP contribution < -0.4 is 21.9 Å². The molecule has 0 aromatic heterocycles. The molecule has 0 N–H and O–H groups in total. The van der Waals surface area contributed by atoms with Crippen LogP contribution in [0.2, 0.25) is 5.02 Å². The SMILES string of the molecule is Clc1ccc([S+](c2ccccc2)c2ccccc2)cc1.Fc1c(F)c(F)c([B-](c2c(F)c(F)c(F)c(F)c2F)(c2c(F)c(F)c(F)c(F)c2F)c2c(F)c(F)c(F)c(F)c2F)c(F)c1F. The highest BCUT2D eigenvalue weighted by Crippen LogP contribution is 2.33. The highest BCUT2D eigenvalue weighted by Gasteiger charge is 2.52. The predicted octanol–water partition coefficient (Wildman–Crippen LogP) is 11.3. The number of rotatable bonds is 7. The molecule has 23 heteroatoms. The van der Waals surface area contributed by atoms with Crippen LogP contribution in [-0.2, 0) is 10.9 Å². The first-order chi connectivity index (χ1) is 30.5. The van der Waals surface area contributed by atoms with Crippen molar-refractivity contribution in [2.75, 3.05) is 0 Å². The Morgan fingerprint density at radius 3 is 0.646 bits per heavy atom. The van der Waals surface area contributed by atoms with Crippen LogP contribution in [0, 0.1) is 116 Å². The molecule has 7 rings (SSSR count). The van der Waals surface area contributed by atoms with Gasteiger partial charge in [0.15, 0.2) is 84.5 Å². The minimum Gasteiger partial charge on any atom is -0.207 e. The van der Waals surface area contributed by atoms with Crippen LogP contribution in [0.4, 0.5) is 87.8 Å². The first-order valence-electron chi connectivity index (χ1n) is 17.4. The van der Waals surface area contributed by atoms with Crippen LogP contribution >= 0.6 is 11.6 Å². The summed E-state index contributed by atoms with van der Waals surface area (Å²) in [5, 5.41) is 0.776. The maximum absolute atomic E-state index is 15.4. The highest BCUT2D eigenvalue weighted by atomic mass is 35.5. The third-order valence-electron chi connectivity index (χ3n) is 9.71. The van der Waals surface area contributed by atoms with Crippen LogP contribution in [0.3, 0.4) is 0 Å². The smallest absolute Gasteiger partial charge is 0.200 e. The molecular formula is C42H14BClF20S. The van der Waals surface area contributed by atoms with Gasteiger partial charge in [0.25, 0.3) is 0 Å². The van der Waals surface area contributed by atoms with E-state index in [0.29, 0.717) is 0 Å². The van der Waals surface area contributed by atoms with Gasteiger partial charge in [0.05, 0.1) is 10.9 Å². The molecule has 7 aromatic rings. The molecule has 0 saturated carbocycles. The van der Waals surface area contributed by atoms with Crippen LogP contribution in [0.15, 0.2) is 99.6 Å². The Balaban J connectivity index is 0.000000289. The molecule has 0 aliphatic heterocycles. The monoisotopic (exact) mass is 976 g/mol. The normalized spacial score (nSPS) is 11.6. The minimum atomic E-state index is -7.22. The van der Waals surface area contributed by atoms with E-state index in [1.54, 1.807) is 0 Å². The zero-order valence-corrected chi connectivity index (χ0v) is 32.6. The van der Waals surface area contributed by atoms with Crippen molar-refractivity contribution in [3.63, 3.8) is 0 Å². The average molecular weight is 977 g/mol. The maximum Gasteiger partial charge on any atom is 0.200 e. The third kappa shape index (κ3) is 7.82. The molecule has 0 heterocycles. The lowest BCUT2D eigenvalue weighted by Gasteiger charge is -2.44. The van der Waals surface area contributed by atoms with E-state index < -0.39 is 144 Å². The van der Waals surface area contributed by atoms with Gasteiger partial charge in [-0.3, -0.25) is 0 Å². The van der Waals surface area contributed by atoms with Gasteiger partial charge in [-0.05, 0) is 48.5 Å². The molecule has 0 atom stereocenters. The molecule has 0 amide bonds. The fourth-order valence-corrected chi connectivity index (χ4v) is 9.18. The van der Waals surface area contributed by atoms with E-state index in [4.69, 9.17) is 11.6 Å². The van der Waals surface area contributed by atoms with Crippen LogP contribution in [-0.4, -0.2) is 6.15 Å². The van der Waals surface area contributed by atoms with E-state index in [2.05, 4.69) is 72.8 Å². The minimum absolute atomic E-state index is 0.0815. The van der Waals surface area contributed by atoms with Gasteiger partial charge in [-0.1, -0.05) is 48.0 Å². The van der Waals surface area contributed by atoms with Crippen molar-refractivity contribution in [1.82, 2.24) is 0 Å². The summed E-state index contributed by atoms with van der Waals surface area (Å²) < 4.78 is 294. The molecule has 65 heavy (non-hydrogen) atoms. The fourth-order valence-electron chi connectivity index (χ4n) is 6.97. The Labute approximate surface area is 358 Å². The summed E-state index contributed by atoms with van der Waals surface area (Å²) in [6.07, 6.45) is -7.22. The van der Waals surface area contributed by atoms with E-state index in [1.807, 2.05) is 12.1 Å². The van der Waals surface area contributed by atoms with E-state index >= 15 is 35.1 Å². The first-order valence-corrected chi connectivity index (χ1v) is 19.0. The second-order valence-corrected chi connectivity index (χ2v) is 15.6. The summed E-state index contributed by atoms with van der Waals surface area (Å²) in [7, 11) is -0.0815. The van der Waals surface area contributed by atoms with Crippen molar-refractivity contribution in [3.8, 4) is 0 Å². The zero-order chi connectivity index (χ0) is 48.1. The number of benzene rings is 7. The molecule has 338 valence electrons. The Morgan fingerprint density at radius 1 is 0.246 bits per heavy atom. The van der Waals surface area contributed by atoms with Gasteiger partial charge in [0.1, 0.15) is 52.7 Å². The van der Waals surface area contributed by atoms with Crippen molar-refractivity contribution in [2.24, 2.45) is 0 Å². The maximum atomic E-state index is 15.4. The average Bonchev–Trinajstić information content (AvgIpc) is 3.30. The van der Waals surface area contributed by atoms with Gasteiger partial charge in [0.2, 0.25) is 0 Å². The number of hydrogen-bond donors (Lipinski definition) is 0. The summed E-state index contributed by atoms with van der Waals surface area (Å²) in [5.74, 6) is -71.4. The lowest BCUT2D eigenvalue weighted by molar-refractivity contribution is 0.378. The second-order valence-electron chi connectivity index (χ2n) is 13.2. The molecule has 0 aliphatic carbocycles. The lowest BCUT2D eigenvalue weighted by Crippen LogP contribution is -2.81. The third-order valence-corrected chi connectivity index (χ3v) is 12.2. The summed E-state index contributed by atoms with van der Waals surface area (Å²) in [6.45, 7) is 0. The van der Waals surface area contributed by atoms with Gasteiger partial charge in [-0.15, -0.1) is 21.9 Å². The van der Waals surface area contributed by atoms with Crippen LogP contribution in [0.1, 0.15) is 0 Å². The molecule has 0 radical (unpaired) electrons. The Hall–Kier alpha value is -6.16. The van der Waals surface area contributed by atoms with Crippen molar-refractivity contribution < 1.29 is 87.8 Å². The van der Waals surface area contributed by atoms with Gasteiger partial charge in [-0.2, -0.15) is 0 Å². The molecule has 7 aromatic carbocycles. The Kier molecular flexibility index (Phi) is 13.7. The van der Waals surface area contributed by atoms with Crippen molar-refractivity contribution >= 4 is 50.5 Å². The number of hydrogen-bond acceptors (Lipinski definition) is 0. The molecule has 0 saturated heterocycles. The number of halogens is 21. The molecule has 0 nitrogen and oxygen atoms in total. The second kappa shape index (κ2) is 18.4. The van der Waals surface area contributed by atoms with Crippen molar-refractivity contribution in [1.29, 1.82) is 0 Å². The van der Waals surface area contributed by atoms with E-state index in [-0.39, 0.29) is 10.9 Å². The predicted molar refractivity (Wildman–Crippen MR) is 196 cm³/mol. The van der Waals surface area contributed by atoms with E-state index in [9.17, 15) is 52.7 Å².